The molecule has 22 heavy (non-hydrogen) atoms. The van der Waals surface area contributed by atoms with Gasteiger partial charge in [0, 0.05) is 32.1 Å². The van der Waals surface area contributed by atoms with E-state index in [4.69, 9.17) is 0 Å². The first kappa shape index (κ1) is 17.4. The van der Waals surface area contributed by atoms with Crippen molar-refractivity contribution < 1.29 is 19.1 Å². The Bertz CT molecular complexity index is 552. The van der Waals surface area contributed by atoms with E-state index < -0.39 is 5.97 Å². The van der Waals surface area contributed by atoms with E-state index in [9.17, 15) is 14.4 Å². The summed E-state index contributed by atoms with van der Waals surface area (Å²) >= 11 is 0. The molecule has 0 saturated carbocycles. The van der Waals surface area contributed by atoms with Gasteiger partial charge in [0.05, 0.1) is 12.7 Å². The zero-order valence-electron chi connectivity index (χ0n) is 12.8. The Morgan fingerprint density at radius 2 is 1.91 bits per heavy atom. The summed E-state index contributed by atoms with van der Waals surface area (Å²) in [5.74, 6) is -0.740. The highest BCUT2D eigenvalue weighted by molar-refractivity contribution is 5.93. The fourth-order valence-corrected chi connectivity index (χ4v) is 1.80. The third-order valence-electron chi connectivity index (χ3n) is 2.99. The summed E-state index contributed by atoms with van der Waals surface area (Å²) < 4.78 is 4.60. The van der Waals surface area contributed by atoms with Crippen LogP contribution in [0.15, 0.2) is 36.9 Å². The lowest BCUT2D eigenvalue weighted by atomic mass is 10.2. The lowest BCUT2D eigenvalue weighted by molar-refractivity contribution is -0.128. The summed E-state index contributed by atoms with van der Waals surface area (Å²) in [7, 11) is 1.31. The molecule has 0 fully saturated rings. The number of methoxy groups -OCH3 is 1. The largest absolute Gasteiger partial charge is 0.465 e. The van der Waals surface area contributed by atoms with E-state index >= 15 is 0 Å². The van der Waals surface area contributed by atoms with E-state index in [-0.39, 0.29) is 18.2 Å². The third kappa shape index (κ3) is 5.40. The van der Waals surface area contributed by atoms with Gasteiger partial charge in [-0.1, -0.05) is 6.08 Å². The number of nitrogens with zero attached hydrogens (tertiary/aromatic N) is 1. The van der Waals surface area contributed by atoms with Crippen molar-refractivity contribution >= 4 is 23.5 Å². The highest BCUT2D eigenvalue weighted by Gasteiger charge is 2.10. The zero-order chi connectivity index (χ0) is 16.5. The van der Waals surface area contributed by atoms with E-state index in [1.165, 1.54) is 18.9 Å². The molecule has 0 aliphatic rings. The molecular weight excluding hydrogens is 284 g/mol. The number of carbonyl (C=O) groups excluding carboxylic acids is 3. The minimum atomic E-state index is -0.431. The number of esters is 1. The molecular formula is C16H20N2O4. The first-order valence-corrected chi connectivity index (χ1v) is 6.82. The molecule has 1 aromatic rings. The Hall–Kier alpha value is -2.63. The van der Waals surface area contributed by atoms with Gasteiger partial charge in [-0.15, -0.1) is 6.58 Å². The van der Waals surface area contributed by atoms with Crippen LogP contribution in [0.5, 0.6) is 0 Å². The maximum absolute atomic E-state index is 11.9. The van der Waals surface area contributed by atoms with Crippen LogP contribution < -0.4 is 5.32 Å². The summed E-state index contributed by atoms with van der Waals surface area (Å²) in [5, 5.41) is 2.71. The zero-order valence-corrected chi connectivity index (χ0v) is 12.8. The Morgan fingerprint density at radius 1 is 1.27 bits per heavy atom. The van der Waals surface area contributed by atoms with Gasteiger partial charge in [-0.3, -0.25) is 9.59 Å². The standard InChI is InChI=1S/C16H20N2O4/c1-4-10-18(12(2)19)11-9-15(20)17-14-7-5-13(6-8-14)16(21)22-3/h4-8H,1,9-11H2,2-3H3,(H,17,20). The van der Waals surface area contributed by atoms with E-state index in [0.29, 0.717) is 24.3 Å². The van der Waals surface area contributed by atoms with Crippen molar-refractivity contribution in [1.82, 2.24) is 4.90 Å². The van der Waals surface area contributed by atoms with Crippen LogP contribution in [-0.4, -0.2) is 42.9 Å². The van der Waals surface area contributed by atoms with Crippen LogP contribution in [-0.2, 0) is 14.3 Å². The van der Waals surface area contributed by atoms with Crippen LogP contribution in [0.1, 0.15) is 23.7 Å². The Kier molecular flexibility index (Phi) is 6.82. The van der Waals surface area contributed by atoms with Crippen molar-refractivity contribution in [3.63, 3.8) is 0 Å². The number of hydrogen-bond donors (Lipinski definition) is 1. The molecule has 1 N–H and O–H groups in total. The van der Waals surface area contributed by atoms with Gasteiger partial charge in [-0.2, -0.15) is 0 Å². The minimum Gasteiger partial charge on any atom is -0.465 e. The van der Waals surface area contributed by atoms with Gasteiger partial charge in [0.2, 0.25) is 11.8 Å². The number of anilines is 1. The summed E-state index contributed by atoms with van der Waals surface area (Å²) in [6.45, 7) is 5.77. The molecule has 0 spiro atoms. The highest BCUT2D eigenvalue weighted by atomic mass is 16.5. The topological polar surface area (TPSA) is 75.7 Å². The number of ether oxygens (including phenoxy) is 1. The molecule has 6 heteroatoms. The van der Waals surface area contributed by atoms with Crippen molar-refractivity contribution in [2.75, 3.05) is 25.5 Å². The molecule has 0 aliphatic carbocycles. The van der Waals surface area contributed by atoms with Crippen LogP contribution in [0.25, 0.3) is 0 Å². The number of nitrogens with one attached hydrogen (secondary N) is 1. The van der Waals surface area contributed by atoms with Crippen LogP contribution in [0.3, 0.4) is 0 Å². The number of amides is 2. The third-order valence-corrected chi connectivity index (χ3v) is 2.99. The Labute approximate surface area is 129 Å². The molecule has 0 aromatic heterocycles. The second-order valence-corrected chi connectivity index (χ2v) is 4.62. The molecule has 1 aromatic carbocycles. The SMILES string of the molecule is C=CCN(CCC(=O)Nc1ccc(C(=O)OC)cc1)C(C)=O. The molecule has 118 valence electrons. The molecule has 0 heterocycles. The van der Waals surface area contributed by atoms with Gasteiger partial charge in [0.1, 0.15) is 0 Å². The first-order valence-electron chi connectivity index (χ1n) is 6.82. The molecule has 1 rings (SSSR count). The molecule has 0 atom stereocenters. The number of benzene rings is 1. The lowest BCUT2D eigenvalue weighted by Gasteiger charge is -2.18. The number of rotatable bonds is 7. The van der Waals surface area contributed by atoms with Crippen LogP contribution in [0.4, 0.5) is 5.69 Å². The second kappa shape index (κ2) is 8.61. The van der Waals surface area contributed by atoms with E-state index in [1.807, 2.05) is 0 Å². The van der Waals surface area contributed by atoms with Gasteiger partial charge in [0.15, 0.2) is 0 Å². The van der Waals surface area contributed by atoms with Gasteiger partial charge in [-0.25, -0.2) is 4.79 Å². The normalized spacial score (nSPS) is 9.73. The predicted octanol–water partition coefficient (Wildman–Crippen LogP) is 1.84. The lowest BCUT2D eigenvalue weighted by Crippen LogP contribution is -2.32. The van der Waals surface area contributed by atoms with Crippen LogP contribution in [0.2, 0.25) is 0 Å². The molecule has 6 nitrogen and oxygen atoms in total. The minimum absolute atomic E-state index is 0.102. The van der Waals surface area contributed by atoms with Crippen molar-refractivity contribution in [3.8, 4) is 0 Å². The molecule has 0 saturated heterocycles. The van der Waals surface area contributed by atoms with Gasteiger partial charge < -0.3 is 15.0 Å². The van der Waals surface area contributed by atoms with Crippen molar-refractivity contribution in [1.29, 1.82) is 0 Å². The number of hydrogen-bond acceptors (Lipinski definition) is 4. The van der Waals surface area contributed by atoms with Crippen LogP contribution in [0, 0.1) is 0 Å². The van der Waals surface area contributed by atoms with Gasteiger partial charge in [-0.05, 0) is 24.3 Å². The second-order valence-electron chi connectivity index (χ2n) is 4.62. The maximum atomic E-state index is 11.9. The fraction of sp³-hybridized carbons (Fsp3) is 0.312. The monoisotopic (exact) mass is 304 g/mol. The highest BCUT2D eigenvalue weighted by Crippen LogP contribution is 2.11. The van der Waals surface area contributed by atoms with E-state index in [0.717, 1.165) is 0 Å². The average molecular weight is 304 g/mol. The van der Waals surface area contributed by atoms with E-state index in [2.05, 4.69) is 16.6 Å². The van der Waals surface area contributed by atoms with Crippen molar-refractivity contribution in [3.05, 3.63) is 42.5 Å². The summed E-state index contributed by atoms with van der Waals surface area (Å²) in [4.78, 5) is 36.0. The van der Waals surface area contributed by atoms with Crippen molar-refractivity contribution in [2.24, 2.45) is 0 Å². The average Bonchev–Trinajstić information content (AvgIpc) is 2.51. The first-order chi connectivity index (χ1) is 10.5. The molecule has 0 unspecified atom stereocenters. The smallest absolute Gasteiger partial charge is 0.337 e. The summed E-state index contributed by atoms with van der Waals surface area (Å²) in [6.07, 6.45) is 1.80. The summed E-state index contributed by atoms with van der Waals surface area (Å²) in [5.41, 5.74) is 0.991. The Morgan fingerprint density at radius 3 is 2.41 bits per heavy atom. The fourth-order valence-electron chi connectivity index (χ4n) is 1.80. The molecule has 0 aliphatic heterocycles. The quantitative estimate of drug-likeness (QED) is 0.616. The molecule has 0 radical (unpaired) electrons. The Balaban J connectivity index is 2.52. The van der Waals surface area contributed by atoms with Gasteiger partial charge in [0.25, 0.3) is 0 Å². The van der Waals surface area contributed by atoms with Gasteiger partial charge >= 0.3 is 5.97 Å². The van der Waals surface area contributed by atoms with E-state index in [1.54, 1.807) is 30.3 Å². The van der Waals surface area contributed by atoms with Crippen LogP contribution >= 0.6 is 0 Å². The maximum Gasteiger partial charge on any atom is 0.337 e. The molecule has 0 bridgehead atoms. The van der Waals surface area contributed by atoms with Crippen molar-refractivity contribution in [2.45, 2.75) is 13.3 Å². The number of carbonyl (C=O) groups is 3. The molecule has 2 amide bonds. The predicted molar refractivity (Wildman–Crippen MR) is 83.5 cm³/mol. The summed E-state index contributed by atoms with van der Waals surface area (Å²) in [6, 6.07) is 6.38.